The molecule has 2 aliphatic carbocycles. The van der Waals surface area contributed by atoms with Crippen LogP contribution in [0.15, 0.2) is 60.7 Å². The molecule has 2 aliphatic rings. The van der Waals surface area contributed by atoms with Gasteiger partial charge in [-0.15, -0.1) is 0 Å². The minimum atomic E-state index is 0.571. The summed E-state index contributed by atoms with van der Waals surface area (Å²) in [5.74, 6) is 1.82. The second-order valence-corrected chi connectivity index (χ2v) is 8.28. The van der Waals surface area contributed by atoms with Gasteiger partial charge < -0.3 is 0 Å². The fourth-order valence-corrected chi connectivity index (χ4v) is 4.10. The van der Waals surface area contributed by atoms with E-state index in [4.69, 9.17) is 0 Å². The van der Waals surface area contributed by atoms with Crippen LogP contribution in [0.2, 0.25) is 0 Å². The molecule has 26 heavy (non-hydrogen) atoms. The number of hydrogen-bond donors (Lipinski definition) is 0. The maximum absolute atomic E-state index is 2.37. The lowest BCUT2D eigenvalue weighted by molar-refractivity contribution is 0.584. The zero-order chi connectivity index (χ0) is 18.3. The van der Waals surface area contributed by atoms with E-state index in [1.807, 2.05) is 0 Å². The fourth-order valence-electron chi connectivity index (χ4n) is 4.10. The van der Waals surface area contributed by atoms with Crippen LogP contribution in [0.3, 0.4) is 0 Å². The van der Waals surface area contributed by atoms with Gasteiger partial charge in [0.15, 0.2) is 0 Å². The Labute approximate surface area is 158 Å². The highest BCUT2D eigenvalue weighted by Gasteiger charge is 2.21. The highest BCUT2D eigenvalue weighted by Crippen LogP contribution is 2.38. The van der Waals surface area contributed by atoms with E-state index in [1.54, 1.807) is 0 Å². The zero-order valence-corrected chi connectivity index (χ0v) is 16.3. The van der Waals surface area contributed by atoms with Crippen LogP contribution in [0.4, 0.5) is 0 Å². The molecule has 0 aliphatic heterocycles. The van der Waals surface area contributed by atoms with Gasteiger partial charge in [0.2, 0.25) is 0 Å². The van der Waals surface area contributed by atoms with E-state index in [-0.39, 0.29) is 0 Å². The third kappa shape index (κ3) is 3.09. The summed E-state index contributed by atoms with van der Waals surface area (Å²) in [6, 6.07) is 16.1. The smallest absolute Gasteiger partial charge is 0.00502 e. The molecule has 0 saturated carbocycles. The summed E-state index contributed by atoms with van der Waals surface area (Å²) in [6.45, 7) is 9.10. The lowest BCUT2D eigenvalue weighted by atomic mass is 9.89. The molecule has 0 aromatic heterocycles. The first-order valence-corrected chi connectivity index (χ1v) is 9.86. The first-order chi connectivity index (χ1) is 12.5. The monoisotopic (exact) mass is 340 g/mol. The number of rotatable bonds is 4. The Morgan fingerprint density at radius 2 is 1.62 bits per heavy atom. The van der Waals surface area contributed by atoms with Crippen molar-refractivity contribution >= 4 is 17.2 Å². The molecule has 2 aromatic carbocycles. The summed E-state index contributed by atoms with van der Waals surface area (Å²) in [5.41, 5.74) is 9.75. The van der Waals surface area contributed by atoms with Crippen LogP contribution in [0.25, 0.3) is 17.2 Å². The highest BCUT2D eigenvalue weighted by molar-refractivity contribution is 5.90. The normalized spacial score (nSPS) is 18.5. The van der Waals surface area contributed by atoms with Gasteiger partial charge in [0.05, 0.1) is 0 Å². The van der Waals surface area contributed by atoms with Crippen LogP contribution in [-0.4, -0.2) is 0 Å². The lowest BCUT2D eigenvalue weighted by Crippen LogP contribution is -2.01. The molecule has 1 atom stereocenters. The molecule has 0 heteroatoms. The summed E-state index contributed by atoms with van der Waals surface area (Å²) in [6.07, 6.45) is 10.4. The number of fused-ring (bicyclic) bond motifs is 1. The number of benzene rings is 2. The van der Waals surface area contributed by atoms with E-state index < -0.39 is 0 Å². The van der Waals surface area contributed by atoms with E-state index in [0.717, 1.165) is 6.42 Å². The van der Waals surface area contributed by atoms with Gasteiger partial charge >= 0.3 is 0 Å². The van der Waals surface area contributed by atoms with Crippen LogP contribution < -0.4 is 0 Å². The third-order valence-electron chi connectivity index (χ3n) is 5.80. The average molecular weight is 341 g/mol. The SMILES string of the molecule is CC(C)c1ccc(C2=CC(c3ccc4c(c3)C=CC4C(C)C)=CC2)cc1. The predicted octanol–water partition coefficient (Wildman–Crippen LogP) is 7.45. The van der Waals surface area contributed by atoms with Gasteiger partial charge in [-0.2, -0.15) is 0 Å². The van der Waals surface area contributed by atoms with Gasteiger partial charge in [-0.05, 0) is 63.3 Å². The summed E-state index contributed by atoms with van der Waals surface area (Å²) < 4.78 is 0. The Balaban J connectivity index is 1.57. The molecular formula is C26H28. The highest BCUT2D eigenvalue weighted by atomic mass is 14.3. The summed E-state index contributed by atoms with van der Waals surface area (Å²) >= 11 is 0. The second-order valence-electron chi connectivity index (χ2n) is 8.28. The Morgan fingerprint density at radius 3 is 2.31 bits per heavy atom. The van der Waals surface area contributed by atoms with Crippen LogP contribution in [0, 0.1) is 5.92 Å². The van der Waals surface area contributed by atoms with Crippen molar-refractivity contribution < 1.29 is 0 Å². The molecule has 0 heterocycles. The molecule has 0 nitrogen and oxygen atoms in total. The van der Waals surface area contributed by atoms with Crippen molar-refractivity contribution in [2.24, 2.45) is 5.92 Å². The molecule has 0 amide bonds. The Bertz CT molecular complexity index is 902. The standard InChI is InChI=1S/C26H28/c1-17(2)19-5-7-20(8-6-19)21-9-10-22(15-21)23-11-14-26-24(16-23)12-13-25(26)18(3)4/h5-8,10-18,25H,9H2,1-4H3. The quantitative estimate of drug-likeness (QED) is 0.542. The molecule has 0 radical (unpaired) electrons. The van der Waals surface area contributed by atoms with E-state index in [2.05, 4.69) is 94.5 Å². The molecule has 0 fully saturated rings. The summed E-state index contributed by atoms with van der Waals surface area (Å²) in [4.78, 5) is 0. The Kier molecular flexibility index (Phi) is 4.44. The molecular weight excluding hydrogens is 312 g/mol. The largest absolute Gasteiger partial charge is 0.0761 e. The van der Waals surface area contributed by atoms with Gasteiger partial charge in [-0.25, -0.2) is 0 Å². The molecule has 2 aromatic rings. The molecule has 132 valence electrons. The van der Waals surface area contributed by atoms with Crippen molar-refractivity contribution in [2.45, 2.75) is 46.0 Å². The zero-order valence-electron chi connectivity index (χ0n) is 16.3. The maximum atomic E-state index is 2.37. The van der Waals surface area contributed by atoms with Crippen LogP contribution >= 0.6 is 0 Å². The van der Waals surface area contributed by atoms with Crippen LogP contribution in [0.1, 0.15) is 73.8 Å². The van der Waals surface area contributed by atoms with Gasteiger partial charge in [0.1, 0.15) is 0 Å². The molecule has 0 spiro atoms. The Morgan fingerprint density at radius 1 is 0.885 bits per heavy atom. The van der Waals surface area contributed by atoms with Crippen molar-refractivity contribution in [1.82, 2.24) is 0 Å². The molecule has 0 bridgehead atoms. The minimum absolute atomic E-state index is 0.571. The summed E-state index contributed by atoms with van der Waals surface area (Å²) in [7, 11) is 0. The minimum Gasteiger partial charge on any atom is -0.0761 e. The van der Waals surface area contributed by atoms with Crippen molar-refractivity contribution in [3.8, 4) is 0 Å². The lowest BCUT2D eigenvalue weighted by Gasteiger charge is -2.15. The van der Waals surface area contributed by atoms with Crippen molar-refractivity contribution in [1.29, 1.82) is 0 Å². The van der Waals surface area contributed by atoms with Gasteiger partial charge in [0, 0.05) is 5.92 Å². The molecule has 0 saturated heterocycles. The van der Waals surface area contributed by atoms with E-state index in [1.165, 1.54) is 39.0 Å². The second kappa shape index (κ2) is 6.76. The number of hydrogen-bond acceptors (Lipinski definition) is 0. The van der Waals surface area contributed by atoms with E-state index in [9.17, 15) is 0 Å². The van der Waals surface area contributed by atoms with Crippen LogP contribution in [0.5, 0.6) is 0 Å². The fraction of sp³-hybridized carbons (Fsp3) is 0.308. The van der Waals surface area contributed by atoms with Gasteiger partial charge in [-0.3, -0.25) is 0 Å². The molecule has 0 N–H and O–H groups in total. The first-order valence-electron chi connectivity index (χ1n) is 9.86. The third-order valence-corrected chi connectivity index (χ3v) is 5.80. The first kappa shape index (κ1) is 17.1. The summed E-state index contributed by atoms with van der Waals surface area (Å²) in [5, 5.41) is 0. The predicted molar refractivity (Wildman–Crippen MR) is 114 cm³/mol. The van der Waals surface area contributed by atoms with Crippen LogP contribution in [-0.2, 0) is 0 Å². The van der Waals surface area contributed by atoms with E-state index >= 15 is 0 Å². The maximum Gasteiger partial charge on any atom is 0.00502 e. The van der Waals surface area contributed by atoms with Crippen molar-refractivity contribution in [2.75, 3.05) is 0 Å². The Hall–Kier alpha value is -2.34. The van der Waals surface area contributed by atoms with Gasteiger partial charge in [0.25, 0.3) is 0 Å². The molecule has 1 unspecified atom stereocenters. The molecule has 4 rings (SSSR count). The van der Waals surface area contributed by atoms with E-state index in [0.29, 0.717) is 17.8 Å². The van der Waals surface area contributed by atoms with Crippen molar-refractivity contribution in [3.05, 3.63) is 88.5 Å². The topological polar surface area (TPSA) is 0 Å². The van der Waals surface area contributed by atoms with Gasteiger partial charge in [-0.1, -0.05) is 88.4 Å². The average Bonchev–Trinajstić information content (AvgIpc) is 3.28. The number of allylic oxidation sites excluding steroid dienone is 5. The van der Waals surface area contributed by atoms with Crippen molar-refractivity contribution in [3.63, 3.8) is 0 Å².